The van der Waals surface area contributed by atoms with E-state index in [0.717, 1.165) is 11.8 Å². The third kappa shape index (κ3) is 2.60. The number of nitrogens with one attached hydrogen (secondary N) is 1. The van der Waals surface area contributed by atoms with Gasteiger partial charge in [-0.05, 0) is 30.8 Å². The second-order valence-electron chi connectivity index (χ2n) is 3.61. The molecule has 0 aliphatic rings. The number of nitrogens with zero attached hydrogens (tertiary/aromatic N) is 3. The van der Waals surface area contributed by atoms with Gasteiger partial charge in [0, 0.05) is 6.54 Å². The number of hydrogen-bond acceptors (Lipinski definition) is 6. The summed E-state index contributed by atoms with van der Waals surface area (Å²) in [5, 5.41) is 7.02. The van der Waals surface area contributed by atoms with Crippen molar-refractivity contribution in [3.8, 4) is 0 Å². The van der Waals surface area contributed by atoms with E-state index in [9.17, 15) is 9.59 Å². The van der Waals surface area contributed by atoms with Crippen LogP contribution in [-0.2, 0) is 6.54 Å². The minimum atomic E-state index is -0.642. The standard InChI is InChI=1S/C10H12N6O2S/c1-2-16-9(18)14-15-10(16)19-8-5(11)3-4-6(13-8)7(12)17/h3-4H,2,11H2,1H3,(H2,12,17)(H,14,18). The van der Waals surface area contributed by atoms with Crippen molar-refractivity contribution in [2.24, 2.45) is 5.73 Å². The van der Waals surface area contributed by atoms with E-state index in [1.54, 1.807) is 0 Å². The monoisotopic (exact) mass is 280 g/mol. The lowest BCUT2D eigenvalue weighted by Gasteiger charge is -2.05. The number of rotatable bonds is 4. The van der Waals surface area contributed by atoms with Crippen LogP contribution in [0.3, 0.4) is 0 Å². The molecule has 2 aromatic rings. The maximum absolute atomic E-state index is 11.4. The Bertz CT molecular complexity index is 677. The first kappa shape index (κ1) is 13.1. The highest BCUT2D eigenvalue weighted by Crippen LogP contribution is 2.28. The Morgan fingerprint density at radius 1 is 1.53 bits per heavy atom. The van der Waals surface area contributed by atoms with Gasteiger partial charge in [0.1, 0.15) is 10.7 Å². The summed E-state index contributed by atoms with van der Waals surface area (Å²) in [5.41, 5.74) is 11.1. The van der Waals surface area contributed by atoms with Crippen molar-refractivity contribution in [2.45, 2.75) is 23.7 Å². The van der Waals surface area contributed by atoms with Crippen LogP contribution in [0.5, 0.6) is 0 Å². The van der Waals surface area contributed by atoms with Gasteiger partial charge in [-0.2, -0.15) is 0 Å². The van der Waals surface area contributed by atoms with E-state index in [4.69, 9.17) is 11.5 Å². The van der Waals surface area contributed by atoms with E-state index in [-0.39, 0.29) is 11.4 Å². The Labute approximate surface area is 112 Å². The molecule has 0 aliphatic heterocycles. The van der Waals surface area contributed by atoms with Gasteiger partial charge in [0.05, 0.1) is 5.69 Å². The van der Waals surface area contributed by atoms with E-state index in [1.165, 1.54) is 16.7 Å². The molecule has 19 heavy (non-hydrogen) atoms. The van der Waals surface area contributed by atoms with Gasteiger partial charge in [0.15, 0.2) is 5.16 Å². The van der Waals surface area contributed by atoms with E-state index >= 15 is 0 Å². The smallest absolute Gasteiger partial charge is 0.343 e. The number of amides is 1. The molecule has 0 spiro atoms. The van der Waals surface area contributed by atoms with Crippen LogP contribution in [-0.4, -0.2) is 25.7 Å². The van der Waals surface area contributed by atoms with Gasteiger partial charge >= 0.3 is 5.69 Å². The summed E-state index contributed by atoms with van der Waals surface area (Å²) in [6.07, 6.45) is 0. The molecule has 2 aromatic heterocycles. The summed E-state index contributed by atoms with van der Waals surface area (Å²) in [6, 6.07) is 2.98. The molecule has 0 fully saturated rings. The summed E-state index contributed by atoms with van der Waals surface area (Å²) >= 11 is 1.09. The summed E-state index contributed by atoms with van der Waals surface area (Å²) in [6.45, 7) is 2.28. The fourth-order valence-corrected chi connectivity index (χ4v) is 2.33. The minimum absolute atomic E-state index is 0.109. The Morgan fingerprint density at radius 2 is 2.26 bits per heavy atom. The van der Waals surface area contributed by atoms with Crippen LogP contribution in [0.25, 0.3) is 0 Å². The van der Waals surface area contributed by atoms with E-state index in [1.807, 2.05) is 6.92 Å². The van der Waals surface area contributed by atoms with Crippen molar-refractivity contribution in [3.05, 3.63) is 28.3 Å². The van der Waals surface area contributed by atoms with Crippen molar-refractivity contribution in [3.63, 3.8) is 0 Å². The van der Waals surface area contributed by atoms with Gasteiger partial charge < -0.3 is 11.5 Å². The Morgan fingerprint density at radius 3 is 2.89 bits per heavy atom. The first-order valence-corrected chi connectivity index (χ1v) is 6.24. The highest BCUT2D eigenvalue weighted by Gasteiger charge is 2.13. The van der Waals surface area contributed by atoms with Gasteiger partial charge in [0.2, 0.25) is 0 Å². The average Bonchev–Trinajstić information content (AvgIpc) is 2.72. The maximum atomic E-state index is 11.4. The predicted octanol–water partition coefficient (Wildman–Crippen LogP) is -0.181. The van der Waals surface area contributed by atoms with Gasteiger partial charge in [0.25, 0.3) is 5.91 Å². The van der Waals surface area contributed by atoms with Crippen molar-refractivity contribution in [1.29, 1.82) is 0 Å². The second-order valence-corrected chi connectivity index (χ2v) is 4.57. The third-order valence-corrected chi connectivity index (χ3v) is 3.38. The number of H-pyrrole nitrogens is 1. The van der Waals surface area contributed by atoms with Crippen LogP contribution >= 0.6 is 11.8 Å². The van der Waals surface area contributed by atoms with Crippen LogP contribution in [0.4, 0.5) is 5.69 Å². The molecule has 0 aromatic carbocycles. The van der Waals surface area contributed by atoms with Crippen molar-refractivity contribution in [1.82, 2.24) is 19.7 Å². The first-order valence-electron chi connectivity index (χ1n) is 5.42. The van der Waals surface area contributed by atoms with Gasteiger partial charge in [-0.1, -0.05) is 0 Å². The zero-order valence-electron chi connectivity index (χ0n) is 10.1. The summed E-state index contributed by atoms with van der Waals surface area (Å²) in [5.74, 6) is -0.642. The molecular weight excluding hydrogens is 268 g/mol. The lowest BCUT2D eigenvalue weighted by atomic mass is 10.3. The molecule has 5 N–H and O–H groups in total. The molecule has 0 bridgehead atoms. The number of nitrogens with two attached hydrogens (primary N) is 2. The van der Waals surface area contributed by atoms with E-state index < -0.39 is 5.91 Å². The first-order chi connectivity index (χ1) is 9.02. The van der Waals surface area contributed by atoms with Crippen molar-refractivity contribution in [2.75, 3.05) is 5.73 Å². The van der Waals surface area contributed by atoms with E-state index in [0.29, 0.717) is 22.4 Å². The number of nitrogen functional groups attached to an aromatic ring is 1. The molecule has 100 valence electrons. The Hall–Kier alpha value is -2.29. The molecule has 9 heteroatoms. The van der Waals surface area contributed by atoms with Crippen LogP contribution in [0, 0.1) is 0 Å². The van der Waals surface area contributed by atoms with Crippen molar-refractivity contribution < 1.29 is 4.79 Å². The number of primary amides is 1. The molecule has 2 rings (SSSR count). The van der Waals surface area contributed by atoms with Crippen LogP contribution in [0.2, 0.25) is 0 Å². The zero-order chi connectivity index (χ0) is 14.0. The molecule has 0 saturated heterocycles. The molecule has 1 amide bonds. The second kappa shape index (κ2) is 5.14. The molecule has 0 radical (unpaired) electrons. The Balaban J connectivity index is 2.40. The number of aromatic nitrogens is 4. The predicted molar refractivity (Wildman–Crippen MR) is 69.8 cm³/mol. The summed E-state index contributed by atoms with van der Waals surface area (Å²) < 4.78 is 1.43. The Kier molecular flexibility index (Phi) is 3.56. The highest BCUT2D eigenvalue weighted by atomic mass is 32.2. The maximum Gasteiger partial charge on any atom is 0.343 e. The van der Waals surface area contributed by atoms with Crippen LogP contribution < -0.4 is 17.2 Å². The third-order valence-electron chi connectivity index (χ3n) is 2.37. The lowest BCUT2D eigenvalue weighted by Crippen LogP contribution is -2.16. The van der Waals surface area contributed by atoms with Crippen molar-refractivity contribution >= 4 is 23.4 Å². The number of carbonyl (C=O) groups is 1. The summed E-state index contributed by atoms with van der Waals surface area (Å²) in [4.78, 5) is 26.5. The fourth-order valence-electron chi connectivity index (χ4n) is 1.42. The van der Waals surface area contributed by atoms with Gasteiger partial charge in [-0.15, -0.1) is 5.10 Å². The fraction of sp³-hybridized carbons (Fsp3) is 0.200. The minimum Gasteiger partial charge on any atom is -0.397 e. The number of carbonyl (C=O) groups excluding carboxylic acids is 1. The normalized spacial score (nSPS) is 10.6. The van der Waals surface area contributed by atoms with E-state index in [2.05, 4.69) is 15.2 Å². The molecule has 2 heterocycles. The topological polar surface area (TPSA) is 133 Å². The largest absolute Gasteiger partial charge is 0.397 e. The highest BCUT2D eigenvalue weighted by molar-refractivity contribution is 7.99. The van der Waals surface area contributed by atoms with Crippen LogP contribution in [0.1, 0.15) is 17.4 Å². The van der Waals surface area contributed by atoms with Gasteiger partial charge in [-0.3, -0.25) is 9.36 Å². The number of hydrogen-bond donors (Lipinski definition) is 3. The summed E-state index contributed by atoms with van der Waals surface area (Å²) in [7, 11) is 0. The zero-order valence-corrected chi connectivity index (χ0v) is 10.9. The molecule has 0 atom stereocenters. The lowest BCUT2D eigenvalue weighted by molar-refractivity contribution is 0.0995. The SMILES string of the molecule is CCn1c(Sc2nc(C(N)=O)ccc2N)n[nH]c1=O. The molecule has 0 unspecified atom stereocenters. The quantitative estimate of drug-likeness (QED) is 0.711. The molecular formula is C10H12N6O2S. The number of anilines is 1. The van der Waals surface area contributed by atoms with Crippen LogP contribution in [0.15, 0.2) is 27.1 Å². The van der Waals surface area contributed by atoms with Gasteiger partial charge in [-0.25, -0.2) is 14.9 Å². The molecule has 0 saturated carbocycles. The average molecular weight is 280 g/mol. The molecule has 8 nitrogen and oxygen atoms in total. The molecule has 0 aliphatic carbocycles. The number of aromatic amines is 1. The number of pyridine rings is 1.